The van der Waals surface area contributed by atoms with E-state index in [-0.39, 0.29) is 0 Å². The van der Waals surface area contributed by atoms with Crippen molar-refractivity contribution >= 4 is 21.6 Å². The summed E-state index contributed by atoms with van der Waals surface area (Å²) < 4.78 is 12.3. The lowest BCUT2D eigenvalue weighted by Gasteiger charge is -1.99. The average Bonchev–Trinajstić information content (AvgIpc) is 2.82. The molecule has 0 unspecified atom stereocenters. The van der Waals surface area contributed by atoms with Gasteiger partial charge >= 0.3 is 10.7 Å². The first-order chi connectivity index (χ1) is 8.38. The van der Waals surface area contributed by atoms with E-state index in [1.54, 1.807) is 18.4 Å². The molecule has 0 saturated carbocycles. The first kappa shape index (κ1) is 10.3. The molecule has 0 radical (unpaired) electrons. The molecule has 0 aliphatic heterocycles. The summed E-state index contributed by atoms with van der Waals surface area (Å²) >= 11 is 1.63. The van der Waals surface area contributed by atoms with Crippen LogP contribution in [0, 0.1) is 0 Å². The summed E-state index contributed by atoms with van der Waals surface area (Å²) in [7, 11) is 1.67. The van der Waals surface area contributed by atoms with E-state index in [0.717, 1.165) is 26.7 Å². The molecule has 0 amide bonds. The van der Waals surface area contributed by atoms with E-state index in [2.05, 4.69) is 6.07 Å². The molecule has 0 bridgehead atoms. The number of rotatable bonds is 2. The highest BCUT2D eigenvalue weighted by molar-refractivity contribution is 7.21. The largest absolute Gasteiger partial charge is 0.496 e. The number of hydrogen-bond acceptors (Lipinski definition) is 2. The van der Waals surface area contributed by atoms with E-state index in [0.29, 0.717) is 0 Å². The molecule has 84 valence electrons. The third-order valence-corrected chi connectivity index (χ3v) is 3.63. The molecule has 1 aromatic heterocycles. The highest BCUT2D eigenvalue weighted by atomic mass is 32.1. The molecule has 3 heteroatoms. The maximum absolute atomic E-state index is 5.84. The van der Waals surface area contributed by atoms with Gasteiger partial charge in [0.15, 0.2) is 0 Å². The van der Waals surface area contributed by atoms with Crippen LogP contribution in [0.25, 0.3) is 20.9 Å². The first-order valence-corrected chi connectivity index (χ1v) is 6.15. The lowest BCUT2D eigenvalue weighted by atomic mass is 10.2. The van der Waals surface area contributed by atoms with Crippen LogP contribution in [-0.4, -0.2) is 7.11 Å². The summed E-state index contributed by atoms with van der Waals surface area (Å²) in [6, 6.07) is 15.9. The van der Waals surface area contributed by atoms with Gasteiger partial charge in [-0.3, -0.25) is 0 Å². The molecular formula is C14H11O2S+. The van der Waals surface area contributed by atoms with Crippen molar-refractivity contribution in [3.8, 4) is 16.4 Å². The minimum atomic E-state index is 0.836. The quantitative estimate of drug-likeness (QED) is 0.620. The van der Waals surface area contributed by atoms with Gasteiger partial charge in [-0.15, -0.1) is 0 Å². The van der Waals surface area contributed by atoms with Gasteiger partial charge in [0.2, 0.25) is 0 Å². The lowest BCUT2D eigenvalue weighted by molar-refractivity contribution is 0.415. The smallest absolute Gasteiger partial charge is 0.421 e. The Morgan fingerprint density at radius 2 is 1.76 bits per heavy atom. The van der Waals surface area contributed by atoms with Gasteiger partial charge < -0.3 is 4.74 Å². The second-order valence-corrected chi connectivity index (χ2v) is 4.65. The number of benzene rings is 2. The third-order valence-electron chi connectivity index (χ3n) is 2.58. The van der Waals surface area contributed by atoms with Crippen LogP contribution in [0.3, 0.4) is 0 Å². The number of hydrogen-bond donors (Lipinski definition) is 0. The average molecular weight is 243 g/mol. The van der Waals surface area contributed by atoms with Crippen LogP contribution in [0.15, 0.2) is 52.9 Å². The van der Waals surface area contributed by atoms with Gasteiger partial charge in [0.05, 0.1) is 7.11 Å². The van der Waals surface area contributed by atoms with Crippen LogP contribution in [0.1, 0.15) is 0 Å². The molecule has 0 saturated heterocycles. The molecule has 3 rings (SSSR count). The summed E-state index contributed by atoms with van der Waals surface area (Å²) in [6.07, 6.45) is 0. The molecule has 2 aromatic carbocycles. The van der Waals surface area contributed by atoms with Crippen molar-refractivity contribution in [2.24, 2.45) is 0 Å². The Hall–Kier alpha value is -1.87. The highest BCUT2D eigenvalue weighted by Gasteiger charge is 2.22. The lowest BCUT2D eigenvalue weighted by Crippen LogP contribution is -1.84. The van der Waals surface area contributed by atoms with Crippen molar-refractivity contribution < 1.29 is 9.15 Å². The van der Waals surface area contributed by atoms with E-state index in [1.807, 2.05) is 42.5 Å². The Kier molecular flexibility index (Phi) is 2.53. The fourth-order valence-electron chi connectivity index (χ4n) is 1.76. The van der Waals surface area contributed by atoms with Crippen LogP contribution < -0.4 is 4.74 Å². The zero-order valence-corrected chi connectivity index (χ0v) is 10.2. The molecule has 2 nitrogen and oxygen atoms in total. The third kappa shape index (κ3) is 1.78. The SMILES string of the molecule is COc1ccccc1-c1[o+]c2ccccc2s1. The molecule has 0 aliphatic carbocycles. The second-order valence-electron chi connectivity index (χ2n) is 3.64. The van der Waals surface area contributed by atoms with Gasteiger partial charge in [-0.25, -0.2) is 0 Å². The van der Waals surface area contributed by atoms with E-state index in [9.17, 15) is 0 Å². The standard InChI is InChI=1S/C14H11O2S/c1-15-11-7-3-2-6-10(11)14-16-12-8-4-5-9-13(12)17-14/h2-9H,1H3/q+1. The Balaban J connectivity index is 2.20. The summed E-state index contributed by atoms with van der Waals surface area (Å²) in [4.78, 5) is 0. The predicted octanol–water partition coefficient (Wildman–Crippen LogP) is 4.45. The molecule has 3 aromatic rings. The van der Waals surface area contributed by atoms with Crippen LogP contribution in [0.2, 0.25) is 0 Å². The van der Waals surface area contributed by atoms with Crippen LogP contribution in [0.4, 0.5) is 0 Å². The minimum absolute atomic E-state index is 0.836. The van der Waals surface area contributed by atoms with Crippen LogP contribution in [-0.2, 0) is 0 Å². The van der Waals surface area contributed by atoms with Crippen molar-refractivity contribution in [3.63, 3.8) is 0 Å². The Morgan fingerprint density at radius 1 is 1.00 bits per heavy atom. The van der Waals surface area contributed by atoms with Gasteiger partial charge in [-0.05, 0) is 29.5 Å². The van der Waals surface area contributed by atoms with Crippen molar-refractivity contribution in [1.29, 1.82) is 0 Å². The highest BCUT2D eigenvalue weighted by Crippen LogP contribution is 2.37. The molecule has 1 heterocycles. The molecule has 0 fully saturated rings. The summed E-state index contributed by atoms with van der Waals surface area (Å²) in [6.45, 7) is 0. The van der Waals surface area contributed by atoms with Crippen LogP contribution in [0.5, 0.6) is 5.75 Å². The van der Waals surface area contributed by atoms with Crippen molar-refractivity contribution in [1.82, 2.24) is 0 Å². The maximum Gasteiger partial charge on any atom is 0.421 e. The van der Waals surface area contributed by atoms with Gasteiger partial charge in [-0.1, -0.05) is 24.3 Å². The zero-order valence-electron chi connectivity index (χ0n) is 9.34. The van der Waals surface area contributed by atoms with Gasteiger partial charge in [0.25, 0.3) is 0 Å². The fraction of sp³-hybridized carbons (Fsp3) is 0.0714. The molecular weight excluding hydrogens is 232 g/mol. The second kappa shape index (κ2) is 4.18. The van der Waals surface area contributed by atoms with Crippen molar-refractivity contribution in [2.75, 3.05) is 7.11 Å². The minimum Gasteiger partial charge on any atom is -0.496 e. The predicted molar refractivity (Wildman–Crippen MR) is 70.5 cm³/mol. The van der Waals surface area contributed by atoms with Gasteiger partial charge in [-0.2, -0.15) is 4.42 Å². The molecule has 0 aliphatic rings. The monoisotopic (exact) mass is 243 g/mol. The number of methoxy groups -OCH3 is 1. The van der Waals surface area contributed by atoms with E-state index < -0.39 is 0 Å². The summed E-state index contributed by atoms with van der Waals surface area (Å²) in [5.41, 5.74) is 1.91. The van der Waals surface area contributed by atoms with E-state index in [1.165, 1.54) is 0 Å². The number of ether oxygens (including phenoxy) is 1. The number of para-hydroxylation sites is 2. The van der Waals surface area contributed by atoms with Crippen molar-refractivity contribution in [2.45, 2.75) is 0 Å². The Labute approximate surface area is 103 Å². The van der Waals surface area contributed by atoms with Gasteiger partial charge in [0, 0.05) is 6.07 Å². The normalized spacial score (nSPS) is 10.6. The zero-order chi connectivity index (χ0) is 11.7. The van der Waals surface area contributed by atoms with Crippen LogP contribution >= 0.6 is 11.3 Å². The van der Waals surface area contributed by atoms with Crippen molar-refractivity contribution in [3.05, 3.63) is 48.5 Å². The Bertz CT molecular complexity index is 625. The maximum atomic E-state index is 5.84. The van der Waals surface area contributed by atoms with E-state index >= 15 is 0 Å². The first-order valence-electron chi connectivity index (χ1n) is 5.33. The molecule has 17 heavy (non-hydrogen) atoms. The molecule has 0 atom stereocenters. The fourth-order valence-corrected chi connectivity index (χ4v) is 2.73. The molecule has 0 N–H and O–H groups in total. The van der Waals surface area contributed by atoms with Gasteiger partial charge in [0.1, 0.15) is 16.0 Å². The number of fused-ring (bicyclic) bond motifs is 1. The molecule has 0 spiro atoms. The Morgan fingerprint density at radius 3 is 2.59 bits per heavy atom. The topological polar surface area (TPSA) is 20.5 Å². The van der Waals surface area contributed by atoms with E-state index in [4.69, 9.17) is 9.15 Å². The summed E-state index contributed by atoms with van der Waals surface area (Å²) in [5, 5.41) is 0.878. The summed E-state index contributed by atoms with van der Waals surface area (Å²) in [5.74, 6) is 0.836.